The molecule has 342 valence electrons. The van der Waals surface area contributed by atoms with Gasteiger partial charge in [-0.1, -0.05) is 167 Å². The summed E-state index contributed by atoms with van der Waals surface area (Å²) in [6.45, 7) is 9.50. The van der Waals surface area contributed by atoms with Crippen LogP contribution in [-0.4, -0.2) is 9.55 Å². The first-order chi connectivity index (χ1) is 35.7. The lowest BCUT2D eigenvalue weighted by Gasteiger charge is -2.24. The fraction of sp³-hybridized carbons (Fsp3) is 0.0857. The smallest absolute Gasteiger partial charge is 0.0998 e. The zero-order valence-corrected chi connectivity index (χ0v) is 41.0. The number of rotatable bonds is 5. The fourth-order valence-corrected chi connectivity index (χ4v) is 13.4. The Kier molecular flexibility index (Phi) is 8.54. The molecule has 0 saturated heterocycles. The number of nitriles is 1. The fourth-order valence-electron chi connectivity index (χ4n) is 13.4. The monoisotopic (exact) mass is 929 g/mol. The largest absolute Gasteiger partial charge is 0.309 e. The van der Waals surface area contributed by atoms with Crippen LogP contribution in [0, 0.1) is 11.3 Å². The van der Waals surface area contributed by atoms with Crippen LogP contribution in [0.1, 0.15) is 55.5 Å². The third-order valence-electron chi connectivity index (χ3n) is 16.9. The average Bonchev–Trinajstić information content (AvgIpc) is 3.99. The van der Waals surface area contributed by atoms with Gasteiger partial charge in [0.15, 0.2) is 0 Å². The first-order valence-electron chi connectivity index (χ1n) is 25.4. The van der Waals surface area contributed by atoms with Gasteiger partial charge in [0.1, 0.15) is 0 Å². The molecule has 13 aromatic rings. The van der Waals surface area contributed by atoms with E-state index in [1.54, 1.807) is 0 Å². The second-order valence-electron chi connectivity index (χ2n) is 21.3. The van der Waals surface area contributed by atoms with E-state index in [0.29, 0.717) is 5.56 Å². The van der Waals surface area contributed by atoms with Gasteiger partial charge in [0.25, 0.3) is 0 Å². The summed E-state index contributed by atoms with van der Waals surface area (Å²) in [5.41, 5.74) is 23.8. The molecular formula is C70H47N3. The molecule has 73 heavy (non-hydrogen) atoms. The van der Waals surface area contributed by atoms with Gasteiger partial charge in [0.2, 0.25) is 0 Å². The van der Waals surface area contributed by atoms with Crippen molar-refractivity contribution >= 4 is 54.1 Å². The van der Waals surface area contributed by atoms with Gasteiger partial charge in [-0.15, -0.1) is 0 Å². The third kappa shape index (κ3) is 5.72. The predicted molar refractivity (Wildman–Crippen MR) is 304 cm³/mol. The molecule has 3 nitrogen and oxygen atoms in total. The SMILES string of the molecule is CC1(C)c2ccccc2-c2ccc(-c3c4ccc(-c5ccc6c7c5ccc5c(C#N)ccc(c57)n6-c5ccccc5)cc4c(-c4ccc5c(c4)C(C)(C)c4ccccc4-5)c4ccc(-c5cccnc5)cc34)cc21. The van der Waals surface area contributed by atoms with Gasteiger partial charge in [-0.2, -0.15) is 5.26 Å². The molecule has 0 atom stereocenters. The molecule has 3 heteroatoms. The highest BCUT2D eigenvalue weighted by Gasteiger charge is 2.37. The molecule has 15 rings (SSSR count). The van der Waals surface area contributed by atoms with Crippen molar-refractivity contribution in [3.63, 3.8) is 0 Å². The number of hydrogen-bond acceptors (Lipinski definition) is 2. The van der Waals surface area contributed by atoms with Gasteiger partial charge >= 0.3 is 0 Å². The molecule has 0 bridgehead atoms. The lowest BCUT2D eigenvalue weighted by atomic mass is 9.79. The Labute approximate surface area is 424 Å². The number of aromatic nitrogens is 2. The lowest BCUT2D eigenvalue weighted by molar-refractivity contribution is 0.660. The molecule has 0 N–H and O–H groups in total. The first-order valence-corrected chi connectivity index (χ1v) is 25.4. The van der Waals surface area contributed by atoms with Crippen molar-refractivity contribution in [2.45, 2.75) is 38.5 Å². The molecule has 2 heterocycles. The Morgan fingerprint density at radius 2 is 0.890 bits per heavy atom. The van der Waals surface area contributed by atoms with Crippen LogP contribution in [0.25, 0.3) is 127 Å². The minimum Gasteiger partial charge on any atom is -0.309 e. The van der Waals surface area contributed by atoms with E-state index in [1.807, 2.05) is 24.5 Å². The highest BCUT2D eigenvalue weighted by molar-refractivity contribution is 6.28. The number of hydrogen-bond donors (Lipinski definition) is 0. The van der Waals surface area contributed by atoms with Crippen molar-refractivity contribution in [3.8, 4) is 78.5 Å². The molecule has 11 aromatic carbocycles. The van der Waals surface area contributed by atoms with Crippen molar-refractivity contribution in [1.29, 1.82) is 5.26 Å². The Morgan fingerprint density at radius 3 is 1.51 bits per heavy atom. The average molecular weight is 930 g/mol. The van der Waals surface area contributed by atoms with E-state index >= 15 is 0 Å². The van der Waals surface area contributed by atoms with Crippen LogP contribution in [0.5, 0.6) is 0 Å². The van der Waals surface area contributed by atoms with Crippen molar-refractivity contribution in [2.24, 2.45) is 0 Å². The topological polar surface area (TPSA) is 41.6 Å². The molecule has 2 aliphatic rings. The number of fused-ring (bicyclic) bond motifs is 8. The molecule has 0 spiro atoms. The summed E-state index contributed by atoms with van der Waals surface area (Å²) in [6.07, 6.45) is 3.83. The van der Waals surface area contributed by atoms with Crippen molar-refractivity contribution < 1.29 is 0 Å². The highest BCUT2D eigenvalue weighted by atomic mass is 15.0. The minimum atomic E-state index is -0.172. The van der Waals surface area contributed by atoms with Crippen LogP contribution >= 0.6 is 0 Å². The van der Waals surface area contributed by atoms with Gasteiger partial charge in [-0.3, -0.25) is 4.98 Å². The Morgan fingerprint density at radius 1 is 0.384 bits per heavy atom. The van der Waals surface area contributed by atoms with Crippen LogP contribution in [0.4, 0.5) is 0 Å². The van der Waals surface area contributed by atoms with E-state index in [-0.39, 0.29) is 10.8 Å². The molecular weight excluding hydrogens is 883 g/mol. The second-order valence-corrected chi connectivity index (χ2v) is 21.3. The normalized spacial score (nSPS) is 14.0. The Hall–Kier alpha value is -9.10. The summed E-state index contributed by atoms with van der Waals surface area (Å²) in [7, 11) is 0. The van der Waals surface area contributed by atoms with Crippen LogP contribution in [0.2, 0.25) is 0 Å². The third-order valence-corrected chi connectivity index (χ3v) is 16.9. The quantitative estimate of drug-likeness (QED) is 0.127. The number of para-hydroxylation sites is 1. The van der Waals surface area contributed by atoms with Gasteiger partial charge in [0.05, 0.1) is 22.7 Å². The van der Waals surface area contributed by atoms with Gasteiger partial charge < -0.3 is 4.57 Å². The molecule has 0 fully saturated rings. The molecule has 0 radical (unpaired) electrons. The maximum absolute atomic E-state index is 10.4. The molecule has 0 amide bonds. The summed E-state index contributed by atoms with van der Waals surface area (Å²) in [5.74, 6) is 0. The van der Waals surface area contributed by atoms with Gasteiger partial charge in [-0.25, -0.2) is 0 Å². The maximum Gasteiger partial charge on any atom is 0.0998 e. The van der Waals surface area contributed by atoms with Gasteiger partial charge in [0, 0.05) is 50.6 Å². The van der Waals surface area contributed by atoms with E-state index in [0.717, 1.165) is 49.7 Å². The van der Waals surface area contributed by atoms with Crippen molar-refractivity contribution in [3.05, 3.63) is 240 Å². The van der Waals surface area contributed by atoms with Crippen molar-refractivity contribution in [2.75, 3.05) is 0 Å². The minimum absolute atomic E-state index is 0.165. The van der Waals surface area contributed by atoms with Crippen LogP contribution in [0.15, 0.2) is 213 Å². The van der Waals surface area contributed by atoms with E-state index in [2.05, 4.69) is 231 Å². The van der Waals surface area contributed by atoms with E-state index in [4.69, 9.17) is 0 Å². The van der Waals surface area contributed by atoms with Crippen molar-refractivity contribution in [1.82, 2.24) is 9.55 Å². The number of nitrogens with zero attached hydrogens (tertiary/aromatic N) is 3. The first kappa shape index (κ1) is 41.7. The summed E-state index contributed by atoms with van der Waals surface area (Å²) in [5, 5.41) is 19.7. The summed E-state index contributed by atoms with van der Waals surface area (Å²) >= 11 is 0. The van der Waals surface area contributed by atoms with Gasteiger partial charge in [-0.05, 0) is 171 Å². The molecule has 2 aliphatic carbocycles. The lowest BCUT2D eigenvalue weighted by Crippen LogP contribution is -2.15. The zero-order valence-electron chi connectivity index (χ0n) is 41.0. The second kappa shape index (κ2) is 15.0. The number of pyridine rings is 1. The molecule has 0 unspecified atom stereocenters. The Bertz CT molecular complexity index is 4540. The summed E-state index contributed by atoms with van der Waals surface area (Å²) in [4.78, 5) is 4.57. The Balaban J connectivity index is 1.05. The van der Waals surface area contributed by atoms with E-state index in [9.17, 15) is 5.26 Å². The number of benzene rings is 11. The zero-order chi connectivity index (χ0) is 48.9. The van der Waals surface area contributed by atoms with Crippen LogP contribution in [-0.2, 0) is 10.8 Å². The standard InChI is InChI=1S/C70H47N3/c1-69(2)59-18-10-8-16-50(59)52-25-22-43(37-61(52)69)65-56-28-21-42(48-31-33-64-68-54(48)30-29-49-45(39-71)24-32-63(67(49)68)73(64)47-14-6-5-7-15-47)36-58(56)66(55-27-20-41(35-57(55)65)46-13-12-34-72-40-46)44-23-26-53-51-17-9-11-19-60(51)70(3,4)62(53)38-44/h5-38,40H,1-4H3. The van der Waals surface area contributed by atoms with Crippen LogP contribution < -0.4 is 0 Å². The maximum atomic E-state index is 10.4. The van der Waals surface area contributed by atoms with Crippen LogP contribution in [0.3, 0.4) is 0 Å². The predicted octanol–water partition coefficient (Wildman–Crippen LogP) is 18.2. The molecule has 0 saturated carbocycles. The molecule has 2 aromatic heterocycles. The summed E-state index contributed by atoms with van der Waals surface area (Å²) < 4.78 is 2.36. The van der Waals surface area contributed by atoms with E-state index < -0.39 is 0 Å². The molecule has 0 aliphatic heterocycles. The summed E-state index contributed by atoms with van der Waals surface area (Å²) in [6, 6.07) is 77.0. The highest BCUT2D eigenvalue weighted by Crippen LogP contribution is 2.54. The van der Waals surface area contributed by atoms with E-state index in [1.165, 1.54) is 99.1 Å².